The lowest BCUT2D eigenvalue weighted by Crippen LogP contribution is -2.33. The summed E-state index contributed by atoms with van der Waals surface area (Å²) in [7, 11) is 1.76. The van der Waals surface area contributed by atoms with Crippen molar-refractivity contribution in [3.05, 3.63) is 41.5 Å². The lowest BCUT2D eigenvalue weighted by atomic mass is 10.1. The second-order valence-corrected chi connectivity index (χ2v) is 7.09. The lowest BCUT2D eigenvalue weighted by Gasteiger charge is -2.18. The average Bonchev–Trinajstić information content (AvgIpc) is 3.17. The summed E-state index contributed by atoms with van der Waals surface area (Å²) >= 11 is 0. The molecule has 0 radical (unpaired) electrons. The highest BCUT2D eigenvalue weighted by atomic mass is 19.1. The van der Waals surface area contributed by atoms with E-state index >= 15 is 0 Å². The van der Waals surface area contributed by atoms with Gasteiger partial charge in [0.15, 0.2) is 6.10 Å². The first-order valence-electron chi connectivity index (χ1n) is 9.25. The molecule has 0 saturated carbocycles. The number of nitrogens with zero attached hydrogens (tertiary/aromatic N) is 3. The molecule has 1 saturated heterocycles. The Bertz CT molecular complexity index is 971. The zero-order valence-corrected chi connectivity index (χ0v) is 16.7. The van der Waals surface area contributed by atoms with Crippen molar-refractivity contribution in [3.63, 3.8) is 0 Å². The van der Waals surface area contributed by atoms with Crippen molar-refractivity contribution in [2.75, 3.05) is 16.8 Å². The zero-order chi connectivity index (χ0) is 21.3. The van der Waals surface area contributed by atoms with Crippen LogP contribution in [0.3, 0.4) is 0 Å². The van der Waals surface area contributed by atoms with Gasteiger partial charge in [-0.3, -0.25) is 19.1 Å². The summed E-state index contributed by atoms with van der Waals surface area (Å²) in [5.74, 6) is -2.83. The molecule has 2 aromatic rings. The molecule has 0 unspecified atom stereocenters. The normalized spacial score (nSPS) is 17.3. The number of hydrogen-bond acceptors (Lipinski definition) is 5. The number of benzene rings is 1. The maximum Gasteiger partial charge on any atom is 0.312 e. The molecule has 9 heteroatoms. The van der Waals surface area contributed by atoms with E-state index in [0.29, 0.717) is 11.4 Å². The summed E-state index contributed by atoms with van der Waals surface area (Å²) in [4.78, 5) is 38.4. The maximum atomic E-state index is 14.0. The van der Waals surface area contributed by atoms with Crippen LogP contribution in [0.1, 0.15) is 24.7 Å². The molecule has 1 aromatic heterocycles. The molecule has 0 spiro atoms. The molecule has 8 nitrogen and oxygen atoms in total. The van der Waals surface area contributed by atoms with Crippen LogP contribution in [0.25, 0.3) is 0 Å². The monoisotopic (exact) mass is 402 g/mol. The van der Waals surface area contributed by atoms with Gasteiger partial charge in [0.05, 0.1) is 28.7 Å². The number of anilines is 2. The molecule has 0 aliphatic carbocycles. The van der Waals surface area contributed by atoms with Gasteiger partial charge in [-0.05, 0) is 32.9 Å². The number of carbonyl (C=O) groups is 3. The SMILES string of the molecule is Cc1nn(C)c(C)c1NC(=O)[C@@H](C)OC(=O)[C@@H]1CC(=O)N(c2ccccc2F)C1. The zero-order valence-electron chi connectivity index (χ0n) is 16.7. The maximum absolute atomic E-state index is 14.0. The van der Waals surface area contributed by atoms with Gasteiger partial charge in [-0.15, -0.1) is 0 Å². The molecule has 1 aliphatic heterocycles. The summed E-state index contributed by atoms with van der Waals surface area (Å²) in [5, 5.41) is 6.94. The molecule has 1 aromatic carbocycles. The van der Waals surface area contributed by atoms with Crippen molar-refractivity contribution in [1.29, 1.82) is 0 Å². The van der Waals surface area contributed by atoms with Crippen molar-refractivity contribution < 1.29 is 23.5 Å². The summed E-state index contributed by atoms with van der Waals surface area (Å²) in [6, 6.07) is 5.88. The first kappa shape index (κ1) is 20.5. The largest absolute Gasteiger partial charge is 0.452 e. The van der Waals surface area contributed by atoms with E-state index in [1.165, 1.54) is 30.0 Å². The van der Waals surface area contributed by atoms with Crippen molar-refractivity contribution in [2.45, 2.75) is 33.3 Å². The van der Waals surface area contributed by atoms with Gasteiger partial charge < -0.3 is 15.0 Å². The Morgan fingerprint density at radius 2 is 2.00 bits per heavy atom. The third-order valence-corrected chi connectivity index (χ3v) is 5.02. The van der Waals surface area contributed by atoms with Gasteiger partial charge in [-0.2, -0.15) is 5.10 Å². The summed E-state index contributed by atoms with van der Waals surface area (Å²) in [6.45, 7) is 5.04. The molecule has 3 rings (SSSR count). The molecule has 2 amide bonds. The first-order valence-corrected chi connectivity index (χ1v) is 9.25. The number of nitrogens with one attached hydrogen (secondary N) is 1. The minimum Gasteiger partial charge on any atom is -0.452 e. The van der Waals surface area contributed by atoms with Gasteiger partial charge >= 0.3 is 5.97 Å². The third kappa shape index (κ3) is 4.13. The van der Waals surface area contributed by atoms with E-state index in [1.54, 1.807) is 24.7 Å². The number of rotatable bonds is 5. The molecule has 1 N–H and O–H groups in total. The van der Waals surface area contributed by atoms with Gasteiger partial charge in [-0.25, -0.2) is 4.39 Å². The molecule has 2 atom stereocenters. The van der Waals surface area contributed by atoms with Crippen LogP contribution in [0.5, 0.6) is 0 Å². The van der Waals surface area contributed by atoms with Crippen molar-refractivity contribution in [3.8, 4) is 0 Å². The number of hydrogen-bond donors (Lipinski definition) is 1. The topological polar surface area (TPSA) is 93.5 Å². The molecule has 29 heavy (non-hydrogen) atoms. The second-order valence-electron chi connectivity index (χ2n) is 7.09. The molecular weight excluding hydrogens is 379 g/mol. The molecular formula is C20H23FN4O4. The van der Waals surface area contributed by atoms with E-state index in [9.17, 15) is 18.8 Å². The van der Waals surface area contributed by atoms with Crippen LogP contribution in [0.15, 0.2) is 24.3 Å². The van der Waals surface area contributed by atoms with E-state index < -0.39 is 29.7 Å². The van der Waals surface area contributed by atoms with Crippen LogP contribution in [0.2, 0.25) is 0 Å². The fraction of sp³-hybridized carbons (Fsp3) is 0.400. The number of ether oxygens (including phenoxy) is 1. The Balaban J connectivity index is 1.62. The Hall–Kier alpha value is -3.23. The number of aromatic nitrogens is 2. The molecule has 1 fully saturated rings. The van der Waals surface area contributed by atoms with E-state index in [-0.39, 0.29) is 24.6 Å². The Labute approximate surface area is 167 Å². The Morgan fingerprint density at radius 3 is 2.62 bits per heavy atom. The van der Waals surface area contributed by atoms with E-state index in [0.717, 1.165) is 5.69 Å². The van der Waals surface area contributed by atoms with Gasteiger partial charge in [0.25, 0.3) is 5.91 Å². The van der Waals surface area contributed by atoms with E-state index in [2.05, 4.69) is 10.4 Å². The van der Waals surface area contributed by atoms with E-state index in [4.69, 9.17) is 4.74 Å². The van der Waals surface area contributed by atoms with Crippen LogP contribution in [0.4, 0.5) is 15.8 Å². The van der Waals surface area contributed by atoms with Crippen LogP contribution in [0, 0.1) is 25.6 Å². The Morgan fingerprint density at radius 1 is 1.31 bits per heavy atom. The van der Waals surface area contributed by atoms with Crippen molar-refractivity contribution in [1.82, 2.24) is 9.78 Å². The Kier molecular flexibility index (Phi) is 5.67. The highest BCUT2D eigenvalue weighted by Crippen LogP contribution is 2.28. The summed E-state index contributed by atoms with van der Waals surface area (Å²) in [6.07, 6.45) is -1.15. The predicted molar refractivity (Wildman–Crippen MR) is 104 cm³/mol. The minimum absolute atomic E-state index is 0.00770. The lowest BCUT2D eigenvalue weighted by molar-refractivity contribution is -0.157. The molecule has 0 bridgehead atoms. The molecule has 1 aliphatic rings. The standard InChI is InChI=1S/C20H23FN4O4/c1-11-18(12(2)24(4)23-11)22-19(27)13(3)29-20(28)14-9-17(26)25(10-14)16-8-6-5-7-15(16)21/h5-8,13-14H,9-10H2,1-4H3,(H,22,27)/t13-,14-/m1/s1. The van der Waals surface area contributed by atoms with Gasteiger partial charge in [0.1, 0.15) is 5.82 Å². The minimum atomic E-state index is -1.06. The smallest absolute Gasteiger partial charge is 0.312 e. The van der Waals surface area contributed by atoms with Gasteiger partial charge in [0.2, 0.25) is 5.91 Å². The van der Waals surface area contributed by atoms with Crippen molar-refractivity contribution in [2.24, 2.45) is 13.0 Å². The van der Waals surface area contributed by atoms with Crippen LogP contribution in [-0.2, 0) is 26.2 Å². The number of aryl methyl sites for hydroxylation is 2. The summed E-state index contributed by atoms with van der Waals surface area (Å²) in [5.41, 5.74) is 2.12. The van der Waals surface area contributed by atoms with E-state index in [1.807, 2.05) is 6.92 Å². The van der Waals surface area contributed by atoms with Gasteiger partial charge in [0, 0.05) is 20.0 Å². The van der Waals surface area contributed by atoms with Crippen LogP contribution >= 0.6 is 0 Å². The van der Waals surface area contributed by atoms with Gasteiger partial charge in [-0.1, -0.05) is 12.1 Å². The quantitative estimate of drug-likeness (QED) is 0.773. The molecule has 154 valence electrons. The number of esters is 1. The highest BCUT2D eigenvalue weighted by molar-refractivity contribution is 6.00. The first-order chi connectivity index (χ1) is 13.7. The fourth-order valence-electron chi connectivity index (χ4n) is 3.27. The van der Waals surface area contributed by atoms with Crippen LogP contribution < -0.4 is 10.2 Å². The van der Waals surface area contributed by atoms with Crippen LogP contribution in [-0.4, -0.2) is 40.2 Å². The van der Waals surface area contributed by atoms with Crippen molar-refractivity contribution >= 4 is 29.2 Å². The average molecular weight is 402 g/mol. The fourth-order valence-corrected chi connectivity index (χ4v) is 3.27. The summed E-state index contributed by atoms with van der Waals surface area (Å²) < 4.78 is 20.9. The predicted octanol–water partition coefficient (Wildman–Crippen LogP) is 2.10. The number of carbonyl (C=O) groups excluding carboxylic acids is 3. The number of amides is 2. The highest BCUT2D eigenvalue weighted by Gasteiger charge is 2.38. The second kappa shape index (κ2) is 8.02. The molecule has 2 heterocycles. The number of para-hydroxylation sites is 1. The number of halogens is 1. The third-order valence-electron chi connectivity index (χ3n) is 5.02.